The number of carbonyl (C=O) groups excluding carboxylic acids is 1. The Hall–Kier alpha value is -0.570. The largest absolute Gasteiger partial charge is 0.438 e. The molecule has 0 amide bonds. The molecule has 60 valence electrons. The van der Waals surface area contributed by atoms with E-state index in [1.165, 1.54) is 0 Å². The molecule has 3 heteroatoms. The van der Waals surface area contributed by atoms with Gasteiger partial charge < -0.3 is 9.47 Å². The van der Waals surface area contributed by atoms with Crippen molar-refractivity contribution in [3.8, 4) is 0 Å². The average molecular weight is 146 g/mol. The standard InChI is InChI=1S/C7H14O3/c1-4-9-5-10-7(8)6(2)3/h6H,4-5H2,1-3H3. The Balaban J connectivity index is 3.22. The lowest BCUT2D eigenvalue weighted by Gasteiger charge is -2.05. The SMILES string of the molecule is CCOCOC(=O)C(C)C. The van der Waals surface area contributed by atoms with E-state index in [9.17, 15) is 4.79 Å². The van der Waals surface area contributed by atoms with Gasteiger partial charge in [0.2, 0.25) is 0 Å². The van der Waals surface area contributed by atoms with Crippen LogP contribution in [0.4, 0.5) is 0 Å². The molecule has 0 aliphatic carbocycles. The van der Waals surface area contributed by atoms with E-state index >= 15 is 0 Å². The Labute approximate surface area is 61.3 Å². The summed E-state index contributed by atoms with van der Waals surface area (Å²) in [5, 5.41) is 0. The van der Waals surface area contributed by atoms with Crippen LogP contribution in [-0.2, 0) is 14.3 Å². The minimum Gasteiger partial charge on any atom is -0.438 e. The maximum absolute atomic E-state index is 10.7. The van der Waals surface area contributed by atoms with Crippen LogP contribution in [0.3, 0.4) is 0 Å². The highest BCUT2D eigenvalue weighted by molar-refractivity contribution is 5.71. The van der Waals surface area contributed by atoms with Crippen molar-refractivity contribution in [2.24, 2.45) is 5.92 Å². The molecule has 0 aromatic heterocycles. The molecule has 0 aromatic carbocycles. The number of ether oxygens (including phenoxy) is 2. The van der Waals surface area contributed by atoms with Crippen LogP contribution in [-0.4, -0.2) is 19.4 Å². The summed E-state index contributed by atoms with van der Waals surface area (Å²) in [5.41, 5.74) is 0. The zero-order chi connectivity index (χ0) is 7.98. The van der Waals surface area contributed by atoms with Crippen molar-refractivity contribution in [2.45, 2.75) is 20.8 Å². The first-order valence-electron chi connectivity index (χ1n) is 3.42. The van der Waals surface area contributed by atoms with E-state index in [1.807, 2.05) is 6.92 Å². The molecule has 0 aromatic rings. The predicted octanol–water partition coefficient (Wildman–Crippen LogP) is 1.18. The molecule has 0 aliphatic rings. The second-order valence-corrected chi connectivity index (χ2v) is 2.23. The first-order chi connectivity index (χ1) is 4.68. The average Bonchev–Trinajstić information content (AvgIpc) is 1.88. The van der Waals surface area contributed by atoms with Gasteiger partial charge >= 0.3 is 5.97 Å². The van der Waals surface area contributed by atoms with Crippen LogP contribution in [0, 0.1) is 5.92 Å². The molecular formula is C7H14O3. The molecular weight excluding hydrogens is 132 g/mol. The summed E-state index contributed by atoms with van der Waals surface area (Å²) in [5.74, 6) is -0.283. The molecule has 0 saturated heterocycles. The second-order valence-electron chi connectivity index (χ2n) is 2.23. The molecule has 0 heterocycles. The van der Waals surface area contributed by atoms with Crippen molar-refractivity contribution in [3.05, 3.63) is 0 Å². The van der Waals surface area contributed by atoms with Gasteiger partial charge in [-0.05, 0) is 6.92 Å². The third-order valence-electron chi connectivity index (χ3n) is 0.960. The van der Waals surface area contributed by atoms with Gasteiger partial charge in [-0.2, -0.15) is 0 Å². The third-order valence-corrected chi connectivity index (χ3v) is 0.960. The van der Waals surface area contributed by atoms with Crippen molar-refractivity contribution in [1.82, 2.24) is 0 Å². The summed E-state index contributed by atoms with van der Waals surface area (Å²) >= 11 is 0. The van der Waals surface area contributed by atoms with Crippen molar-refractivity contribution in [2.75, 3.05) is 13.4 Å². The highest BCUT2D eigenvalue weighted by atomic mass is 16.7. The maximum atomic E-state index is 10.7. The molecule has 0 aliphatic heterocycles. The van der Waals surface area contributed by atoms with E-state index in [2.05, 4.69) is 4.74 Å². The summed E-state index contributed by atoms with van der Waals surface area (Å²) < 4.78 is 9.49. The first-order valence-corrected chi connectivity index (χ1v) is 3.42. The lowest BCUT2D eigenvalue weighted by atomic mass is 10.2. The molecule has 0 unspecified atom stereocenters. The predicted molar refractivity (Wildman–Crippen MR) is 37.4 cm³/mol. The molecule has 0 fully saturated rings. The Morgan fingerprint density at radius 3 is 2.50 bits per heavy atom. The van der Waals surface area contributed by atoms with E-state index < -0.39 is 0 Å². The van der Waals surface area contributed by atoms with Gasteiger partial charge in [-0.25, -0.2) is 0 Å². The highest BCUT2D eigenvalue weighted by Gasteiger charge is 2.06. The van der Waals surface area contributed by atoms with Crippen LogP contribution < -0.4 is 0 Å². The Kier molecular flexibility index (Phi) is 4.94. The lowest BCUT2D eigenvalue weighted by molar-refractivity contribution is -0.159. The fourth-order valence-corrected chi connectivity index (χ4v) is 0.350. The van der Waals surface area contributed by atoms with E-state index in [-0.39, 0.29) is 18.7 Å². The summed E-state index contributed by atoms with van der Waals surface area (Å²) in [7, 11) is 0. The van der Waals surface area contributed by atoms with E-state index in [0.717, 1.165) is 0 Å². The zero-order valence-corrected chi connectivity index (χ0v) is 6.72. The van der Waals surface area contributed by atoms with E-state index in [1.54, 1.807) is 13.8 Å². The van der Waals surface area contributed by atoms with Gasteiger partial charge in [0, 0.05) is 6.61 Å². The second kappa shape index (κ2) is 5.23. The van der Waals surface area contributed by atoms with Gasteiger partial charge in [0.1, 0.15) is 0 Å². The van der Waals surface area contributed by atoms with Gasteiger partial charge in [-0.3, -0.25) is 4.79 Å². The molecule has 0 atom stereocenters. The van der Waals surface area contributed by atoms with Crippen LogP contribution in [0.2, 0.25) is 0 Å². The molecule has 0 N–H and O–H groups in total. The minimum atomic E-state index is -0.214. The summed E-state index contributed by atoms with van der Waals surface area (Å²) in [6.45, 7) is 6.07. The molecule has 0 rings (SSSR count). The maximum Gasteiger partial charge on any atom is 0.310 e. The minimum absolute atomic E-state index is 0.0690. The van der Waals surface area contributed by atoms with Gasteiger partial charge in [0.25, 0.3) is 0 Å². The number of carbonyl (C=O) groups is 1. The van der Waals surface area contributed by atoms with Crippen LogP contribution >= 0.6 is 0 Å². The van der Waals surface area contributed by atoms with Gasteiger partial charge in [0.15, 0.2) is 6.79 Å². The third kappa shape index (κ3) is 4.32. The van der Waals surface area contributed by atoms with E-state index in [4.69, 9.17) is 4.74 Å². The number of rotatable bonds is 4. The van der Waals surface area contributed by atoms with Crippen molar-refractivity contribution >= 4 is 5.97 Å². The Morgan fingerprint density at radius 2 is 2.10 bits per heavy atom. The summed E-state index contributed by atoms with van der Waals surface area (Å²) in [6, 6.07) is 0. The summed E-state index contributed by atoms with van der Waals surface area (Å²) in [6.07, 6.45) is 0. The van der Waals surface area contributed by atoms with Crippen LogP contribution in [0.25, 0.3) is 0 Å². The van der Waals surface area contributed by atoms with Crippen molar-refractivity contribution in [3.63, 3.8) is 0 Å². The zero-order valence-electron chi connectivity index (χ0n) is 6.72. The molecule has 3 nitrogen and oxygen atoms in total. The molecule has 0 spiro atoms. The van der Waals surface area contributed by atoms with Crippen LogP contribution in [0.15, 0.2) is 0 Å². The van der Waals surface area contributed by atoms with Gasteiger partial charge in [0.05, 0.1) is 5.92 Å². The normalized spacial score (nSPS) is 10.0. The first kappa shape index (κ1) is 9.43. The lowest BCUT2D eigenvalue weighted by Crippen LogP contribution is -2.13. The monoisotopic (exact) mass is 146 g/mol. The number of esters is 1. The van der Waals surface area contributed by atoms with Crippen molar-refractivity contribution in [1.29, 1.82) is 0 Å². The molecule has 0 bridgehead atoms. The topological polar surface area (TPSA) is 35.5 Å². The number of hydrogen-bond acceptors (Lipinski definition) is 3. The fourth-order valence-electron chi connectivity index (χ4n) is 0.350. The quantitative estimate of drug-likeness (QED) is 0.339. The molecule has 10 heavy (non-hydrogen) atoms. The fraction of sp³-hybridized carbons (Fsp3) is 0.857. The van der Waals surface area contributed by atoms with Gasteiger partial charge in [-0.1, -0.05) is 13.8 Å². The van der Waals surface area contributed by atoms with Crippen LogP contribution in [0.5, 0.6) is 0 Å². The molecule has 0 radical (unpaired) electrons. The van der Waals surface area contributed by atoms with Crippen LogP contribution in [0.1, 0.15) is 20.8 Å². The highest BCUT2D eigenvalue weighted by Crippen LogP contribution is 1.94. The van der Waals surface area contributed by atoms with Crippen molar-refractivity contribution < 1.29 is 14.3 Å². The number of hydrogen-bond donors (Lipinski definition) is 0. The smallest absolute Gasteiger partial charge is 0.310 e. The summed E-state index contributed by atoms with van der Waals surface area (Å²) in [4.78, 5) is 10.7. The Morgan fingerprint density at radius 1 is 1.50 bits per heavy atom. The Bertz CT molecular complexity index is 99.0. The van der Waals surface area contributed by atoms with Gasteiger partial charge in [-0.15, -0.1) is 0 Å². The molecule has 0 saturated carbocycles. The van der Waals surface area contributed by atoms with E-state index in [0.29, 0.717) is 6.61 Å².